The molecule has 0 unspecified atom stereocenters. The van der Waals surface area contributed by atoms with Crippen LogP contribution in [0.25, 0.3) is 21.8 Å². The Morgan fingerprint density at radius 3 is 2.46 bits per heavy atom. The molecule has 1 saturated heterocycles. The van der Waals surface area contributed by atoms with Crippen LogP contribution in [0.4, 0.5) is 0 Å². The largest absolute Gasteiger partial charge is 0.340 e. The lowest BCUT2D eigenvalue weighted by Gasteiger charge is -2.31. The van der Waals surface area contributed by atoms with Gasteiger partial charge in [0.1, 0.15) is 0 Å². The van der Waals surface area contributed by atoms with Crippen molar-refractivity contribution < 1.29 is 4.79 Å². The highest BCUT2D eigenvalue weighted by Crippen LogP contribution is 2.30. The van der Waals surface area contributed by atoms with Crippen molar-refractivity contribution in [2.45, 2.75) is 32.7 Å². The van der Waals surface area contributed by atoms with E-state index in [0.29, 0.717) is 6.54 Å². The minimum atomic E-state index is 0.231. The summed E-state index contributed by atoms with van der Waals surface area (Å²) >= 11 is 0. The number of ketones is 1. The van der Waals surface area contributed by atoms with Crippen LogP contribution in [0.2, 0.25) is 0 Å². The van der Waals surface area contributed by atoms with Crippen LogP contribution in [-0.2, 0) is 6.54 Å². The van der Waals surface area contributed by atoms with Crippen LogP contribution in [0.15, 0.2) is 42.5 Å². The maximum absolute atomic E-state index is 12.9. The summed E-state index contributed by atoms with van der Waals surface area (Å²) in [6.45, 7) is 7.82. The van der Waals surface area contributed by atoms with Gasteiger partial charge in [-0.25, -0.2) is 0 Å². The molecular formula is C24H31N3O. The van der Waals surface area contributed by atoms with Crippen LogP contribution in [0.5, 0.6) is 0 Å². The molecule has 0 aliphatic carbocycles. The van der Waals surface area contributed by atoms with Gasteiger partial charge in [-0.2, -0.15) is 0 Å². The zero-order chi connectivity index (χ0) is 19.5. The number of rotatable bonds is 7. The molecule has 0 saturated carbocycles. The third-order valence-corrected chi connectivity index (χ3v) is 6.04. The van der Waals surface area contributed by atoms with Gasteiger partial charge in [0.15, 0.2) is 5.78 Å². The molecule has 4 heteroatoms. The van der Waals surface area contributed by atoms with E-state index in [-0.39, 0.29) is 5.78 Å². The summed E-state index contributed by atoms with van der Waals surface area (Å²) in [6.07, 6.45) is 3.66. The molecule has 0 N–H and O–H groups in total. The Balaban J connectivity index is 1.63. The highest BCUT2D eigenvalue weighted by Gasteiger charge is 2.18. The van der Waals surface area contributed by atoms with E-state index in [4.69, 9.17) is 0 Å². The number of para-hydroxylation sites is 1. The van der Waals surface area contributed by atoms with Crippen molar-refractivity contribution in [1.29, 1.82) is 0 Å². The van der Waals surface area contributed by atoms with E-state index in [2.05, 4.69) is 64.7 Å². The molecule has 1 aliphatic heterocycles. The number of piperazine rings is 1. The molecule has 1 fully saturated rings. The number of fused-ring (bicyclic) bond motifs is 3. The number of unbranched alkanes of at least 4 members (excludes halogenated alkanes) is 2. The fourth-order valence-electron chi connectivity index (χ4n) is 4.29. The number of Topliss-reactive ketones (excluding diaryl/α,β-unsaturated/α-hetero) is 1. The normalized spacial score (nSPS) is 16.2. The first-order chi connectivity index (χ1) is 13.7. The Bertz CT molecular complexity index is 967. The topological polar surface area (TPSA) is 28.5 Å². The summed E-state index contributed by atoms with van der Waals surface area (Å²) in [7, 11) is 2.14. The van der Waals surface area contributed by atoms with Crippen LogP contribution < -0.4 is 0 Å². The second kappa shape index (κ2) is 8.46. The maximum atomic E-state index is 12.9. The average molecular weight is 378 g/mol. The molecule has 4 rings (SSSR count). The van der Waals surface area contributed by atoms with Crippen LogP contribution in [-0.4, -0.2) is 59.9 Å². The van der Waals surface area contributed by atoms with Gasteiger partial charge < -0.3 is 9.47 Å². The van der Waals surface area contributed by atoms with Gasteiger partial charge in [0.05, 0.1) is 6.54 Å². The molecular weight excluding hydrogens is 346 g/mol. The molecule has 0 spiro atoms. The van der Waals surface area contributed by atoms with Crippen molar-refractivity contribution >= 4 is 27.6 Å². The average Bonchev–Trinajstić information content (AvgIpc) is 3.03. The van der Waals surface area contributed by atoms with Crippen molar-refractivity contribution in [1.82, 2.24) is 14.4 Å². The minimum absolute atomic E-state index is 0.231. The van der Waals surface area contributed by atoms with Crippen LogP contribution in [0.3, 0.4) is 0 Å². The van der Waals surface area contributed by atoms with E-state index in [1.54, 1.807) is 0 Å². The summed E-state index contributed by atoms with van der Waals surface area (Å²) in [5, 5.41) is 2.46. The first kappa shape index (κ1) is 19.2. The van der Waals surface area contributed by atoms with Crippen molar-refractivity contribution in [3.8, 4) is 0 Å². The van der Waals surface area contributed by atoms with E-state index < -0.39 is 0 Å². The third kappa shape index (κ3) is 3.85. The number of aromatic nitrogens is 1. The highest BCUT2D eigenvalue weighted by molar-refractivity contribution is 6.11. The highest BCUT2D eigenvalue weighted by atomic mass is 16.1. The van der Waals surface area contributed by atoms with E-state index >= 15 is 0 Å². The minimum Gasteiger partial charge on any atom is -0.340 e. The summed E-state index contributed by atoms with van der Waals surface area (Å²) in [4.78, 5) is 17.5. The fourth-order valence-corrected chi connectivity index (χ4v) is 4.29. The number of benzene rings is 2. The van der Waals surface area contributed by atoms with Gasteiger partial charge in [-0.1, -0.05) is 38.0 Å². The van der Waals surface area contributed by atoms with E-state index in [1.807, 2.05) is 6.07 Å². The van der Waals surface area contributed by atoms with E-state index in [1.165, 1.54) is 41.1 Å². The number of carbonyl (C=O) groups excluding carboxylic acids is 1. The molecule has 148 valence electrons. The second-order valence-electron chi connectivity index (χ2n) is 8.11. The Labute approximate surface area is 167 Å². The maximum Gasteiger partial charge on any atom is 0.176 e. The van der Waals surface area contributed by atoms with Crippen molar-refractivity contribution in [2.24, 2.45) is 0 Å². The van der Waals surface area contributed by atoms with E-state index in [0.717, 1.165) is 38.3 Å². The zero-order valence-corrected chi connectivity index (χ0v) is 17.2. The quantitative estimate of drug-likeness (QED) is 0.451. The van der Waals surface area contributed by atoms with Crippen molar-refractivity contribution in [2.75, 3.05) is 39.8 Å². The molecule has 0 radical (unpaired) electrons. The molecule has 3 aromatic rings. The number of likely N-dealkylation sites (N-methyl/N-ethyl adjacent to an activating group) is 1. The fraction of sp³-hybridized carbons (Fsp3) is 0.458. The van der Waals surface area contributed by atoms with Gasteiger partial charge in [0.2, 0.25) is 0 Å². The first-order valence-corrected chi connectivity index (χ1v) is 10.6. The SMILES string of the molecule is CCCCCn1c2ccccc2c2cc(C(=O)CN3CCN(C)CC3)ccc21. The van der Waals surface area contributed by atoms with Gasteiger partial charge in [-0.05, 0) is 37.7 Å². The smallest absolute Gasteiger partial charge is 0.176 e. The van der Waals surface area contributed by atoms with Crippen molar-refractivity contribution in [3.63, 3.8) is 0 Å². The number of hydrogen-bond donors (Lipinski definition) is 0. The lowest BCUT2D eigenvalue weighted by Crippen LogP contribution is -2.46. The second-order valence-corrected chi connectivity index (χ2v) is 8.11. The molecule has 2 heterocycles. The first-order valence-electron chi connectivity index (χ1n) is 10.6. The Kier molecular flexibility index (Phi) is 5.79. The lowest BCUT2D eigenvalue weighted by molar-refractivity contribution is 0.0876. The van der Waals surface area contributed by atoms with Crippen LogP contribution in [0.1, 0.15) is 36.5 Å². The number of nitrogens with zero attached hydrogens (tertiary/aromatic N) is 3. The molecule has 0 bridgehead atoms. The molecule has 4 nitrogen and oxygen atoms in total. The number of hydrogen-bond acceptors (Lipinski definition) is 3. The molecule has 0 atom stereocenters. The summed E-state index contributed by atoms with van der Waals surface area (Å²) in [5.74, 6) is 0.231. The van der Waals surface area contributed by atoms with Crippen molar-refractivity contribution in [3.05, 3.63) is 48.0 Å². The van der Waals surface area contributed by atoms with Crippen LogP contribution in [0, 0.1) is 0 Å². The third-order valence-electron chi connectivity index (χ3n) is 6.04. The van der Waals surface area contributed by atoms with Gasteiger partial charge in [-0.3, -0.25) is 9.69 Å². The summed E-state index contributed by atoms with van der Waals surface area (Å²) in [6, 6.07) is 14.9. The Hall–Kier alpha value is -2.17. The molecule has 1 aromatic heterocycles. The predicted molar refractivity (Wildman–Crippen MR) is 117 cm³/mol. The molecule has 28 heavy (non-hydrogen) atoms. The standard InChI is InChI=1S/C24H31N3O/c1-3-4-7-12-27-22-9-6-5-8-20(22)21-17-19(10-11-23(21)27)24(28)18-26-15-13-25(2)14-16-26/h5-6,8-11,17H,3-4,7,12-16,18H2,1-2H3. The Morgan fingerprint density at radius 2 is 1.68 bits per heavy atom. The molecule has 2 aromatic carbocycles. The molecule has 0 amide bonds. The zero-order valence-electron chi connectivity index (χ0n) is 17.2. The number of carbonyl (C=O) groups is 1. The van der Waals surface area contributed by atoms with Crippen LogP contribution >= 0.6 is 0 Å². The van der Waals surface area contributed by atoms with E-state index in [9.17, 15) is 4.79 Å². The van der Waals surface area contributed by atoms with Gasteiger partial charge in [0, 0.05) is 60.1 Å². The van der Waals surface area contributed by atoms with Gasteiger partial charge >= 0.3 is 0 Å². The predicted octanol–water partition coefficient (Wildman–Crippen LogP) is 4.41. The summed E-state index contributed by atoms with van der Waals surface area (Å²) < 4.78 is 2.43. The van der Waals surface area contributed by atoms with Gasteiger partial charge in [-0.15, -0.1) is 0 Å². The lowest BCUT2D eigenvalue weighted by atomic mass is 10.1. The molecule has 1 aliphatic rings. The Morgan fingerprint density at radius 1 is 0.929 bits per heavy atom. The van der Waals surface area contributed by atoms with Gasteiger partial charge in [0.25, 0.3) is 0 Å². The monoisotopic (exact) mass is 377 g/mol. The summed E-state index contributed by atoms with van der Waals surface area (Å²) in [5.41, 5.74) is 3.36. The number of aryl methyl sites for hydroxylation is 1.